The molecule has 3 heterocycles. The van der Waals surface area contributed by atoms with Gasteiger partial charge in [0.2, 0.25) is 5.91 Å². The van der Waals surface area contributed by atoms with Crippen molar-refractivity contribution in [2.45, 2.75) is 34.1 Å². The van der Waals surface area contributed by atoms with Crippen LogP contribution in [-0.2, 0) is 11.2 Å². The van der Waals surface area contributed by atoms with Crippen LogP contribution in [0.4, 0.5) is 5.13 Å². The molecule has 0 aliphatic heterocycles. The summed E-state index contributed by atoms with van der Waals surface area (Å²) in [4.78, 5) is 28.9. The Labute approximate surface area is 158 Å². The number of carbonyl (C=O) groups excluding carboxylic acids is 1. The van der Waals surface area contributed by atoms with Gasteiger partial charge in [0, 0.05) is 17.0 Å². The Kier molecular flexibility index (Phi) is 4.11. The van der Waals surface area contributed by atoms with Crippen LogP contribution in [0.5, 0.6) is 0 Å². The maximum atomic E-state index is 12.5. The molecule has 0 saturated carbocycles. The molecular formula is C20H18N2O4S. The van der Waals surface area contributed by atoms with Crippen molar-refractivity contribution >= 4 is 44.3 Å². The topological polar surface area (TPSA) is 85.3 Å². The van der Waals surface area contributed by atoms with Crippen molar-refractivity contribution in [1.29, 1.82) is 0 Å². The molecular weight excluding hydrogens is 364 g/mol. The largest absolute Gasteiger partial charge is 0.460 e. The SMILES string of the molecule is Cc1oc2c(c(C)cc3oc(=O)c(CC(=O)Nc4nccs4)c(C)c32)c1C. The van der Waals surface area contributed by atoms with Crippen molar-refractivity contribution in [2.24, 2.45) is 0 Å². The zero-order valence-corrected chi connectivity index (χ0v) is 16.2. The van der Waals surface area contributed by atoms with Gasteiger partial charge in [-0.2, -0.15) is 0 Å². The van der Waals surface area contributed by atoms with Crippen LogP contribution in [0.3, 0.4) is 0 Å². The molecule has 0 atom stereocenters. The summed E-state index contributed by atoms with van der Waals surface area (Å²) in [7, 11) is 0. The van der Waals surface area contributed by atoms with Gasteiger partial charge in [-0.05, 0) is 50.5 Å². The highest BCUT2D eigenvalue weighted by Gasteiger charge is 2.21. The summed E-state index contributed by atoms with van der Waals surface area (Å²) < 4.78 is 11.5. The highest BCUT2D eigenvalue weighted by molar-refractivity contribution is 7.13. The van der Waals surface area contributed by atoms with Crippen molar-refractivity contribution in [2.75, 3.05) is 5.32 Å². The summed E-state index contributed by atoms with van der Waals surface area (Å²) in [6.45, 7) is 7.72. The van der Waals surface area contributed by atoms with Gasteiger partial charge in [0.25, 0.3) is 0 Å². The quantitative estimate of drug-likeness (QED) is 0.531. The van der Waals surface area contributed by atoms with Crippen LogP contribution in [0.15, 0.2) is 31.3 Å². The number of carbonyl (C=O) groups is 1. The van der Waals surface area contributed by atoms with Gasteiger partial charge in [-0.15, -0.1) is 11.3 Å². The Bertz CT molecular complexity index is 1250. The van der Waals surface area contributed by atoms with Crippen LogP contribution >= 0.6 is 11.3 Å². The van der Waals surface area contributed by atoms with Crippen LogP contribution in [0.1, 0.15) is 28.0 Å². The van der Waals surface area contributed by atoms with Gasteiger partial charge >= 0.3 is 5.63 Å². The number of furan rings is 1. The molecule has 0 fully saturated rings. The van der Waals surface area contributed by atoms with E-state index in [-0.39, 0.29) is 12.3 Å². The fourth-order valence-electron chi connectivity index (χ4n) is 3.45. The molecule has 0 aliphatic carbocycles. The second kappa shape index (κ2) is 6.35. The van der Waals surface area contributed by atoms with Crippen LogP contribution in [-0.4, -0.2) is 10.9 Å². The van der Waals surface area contributed by atoms with Gasteiger partial charge in [0.05, 0.1) is 17.4 Å². The minimum Gasteiger partial charge on any atom is -0.460 e. The average molecular weight is 382 g/mol. The second-order valence-electron chi connectivity index (χ2n) is 6.61. The Hall–Kier alpha value is -2.93. The molecule has 0 unspecified atom stereocenters. The van der Waals surface area contributed by atoms with Gasteiger partial charge in [0.15, 0.2) is 5.13 Å². The first-order chi connectivity index (χ1) is 12.9. The van der Waals surface area contributed by atoms with Gasteiger partial charge in [0.1, 0.15) is 16.9 Å². The normalized spacial score (nSPS) is 11.4. The van der Waals surface area contributed by atoms with E-state index in [0.717, 1.165) is 27.7 Å². The van der Waals surface area contributed by atoms with Crippen molar-refractivity contribution < 1.29 is 13.6 Å². The van der Waals surface area contributed by atoms with Crippen molar-refractivity contribution in [3.05, 3.63) is 56.1 Å². The molecule has 0 bridgehead atoms. The lowest BCUT2D eigenvalue weighted by Crippen LogP contribution is -2.20. The Morgan fingerprint density at radius 1 is 1.15 bits per heavy atom. The molecule has 0 radical (unpaired) electrons. The van der Waals surface area contributed by atoms with E-state index in [1.54, 1.807) is 11.6 Å². The number of hydrogen-bond donors (Lipinski definition) is 1. The molecule has 7 heteroatoms. The van der Waals surface area contributed by atoms with Crippen molar-refractivity contribution in [3.8, 4) is 0 Å². The summed E-state index contributed by atoms with van der Waals surface area (Å²) in [5.41, 5.74) is 3.75. The second-order valence-corrected chi connectivity index (χ2v) is 7.50. The van der Waals surface area contributed by atoms with E-state index >= 15 is 0 Å². The minimum atomic E-state index is -0.506. The summed E-state index contributed by atoms with van der Waals surface area (Å²) in [6, 6.07) is 1.85. The highest BCUT2D eigenvalue weighted by atomic mass is 32.1. The molecule has 27 heavy (non-hydrogen) atoms. The molecule has 1 amide bonds. The Morgan fingerprint density at radius 2 is 1.93 bits per heavy atom. The summed E-state index contributed by atoms with van der Waals surface area (Å²) in [6.07, 6.45) is 1.52. The van der Waals surface area contributed by atoms with Gasteiger partial charge in [-0.25, -0.2) is 9.78 Å². The summed E-state index contributed by atoms with van der Waals surface area (Å²) >= 11 is 1.32. The predicted molar refractivity (Wildman–Crippen MR) is 106 cm³/mol. The monoisotopic (exact) mass is 382 g/mol. The fraction of sp³-hybridized carbons (Fsp3) is 0.250. The predicted octanol–water partition coefficient (Wildman–Crippen LogP) is 4.41. The van der Waals surface area contributed by atoms with E-state index in [2.05, 4.69) is 10.3 Å². The lowest BCUT2D eigenvalue weighted by atomic mass is 9.98. The van der Waals surface area contributed by atoms with E-state index in [1.807, 2.05) is 33.8 Å². The molecule has 3 aromatic heterocycles. The van der Waals surface area contributed by atoms with E-state index in [0.29, 0.717) is 27.4 Å². The number of fused-ring (bicyclic) bond motifs is 3. The number of amides is 1. The molecule has 1 N–H and O–H groups in total. The standard InChI is InChI=1S/C20H18N2O4S/c1-9-7-14-17(18-16(9)10(2)12(4)25-18)11(3)13(19(24)26-14)8-15(23)22-20-21-5-6-27-20/h5-7H,8H2,1-4H3,(H,21,22,23). The molecule has 0 spiro atoms. The smallest absolute Gasteiger partial charge is 0.340 e. The number of thiazole rings is 1. The third kappa shape index (κ3) is 2.84. The molecule has 138 valence electrons. The Balaban J connectivity index is 1.88. The minimum absolute atomic E-state index is 0.0856. The fourth-order valence-corrected chi connectivity index (χ4v) is 3.99. The maximum absolute atomic E-state index is 12.5. The number of nitrogens with zero attached hydrogens (tertiary/aromatic N) is 1. The van der Waals surface area contributed by atoms with E-state index < -0.39 is 5.63 Å². The number of hydrogen-bond acceptors (Lipinski definition) is 6. The first-order valence-electron chi connectivity index (χ1n) is 8.51. The highest BCUT2D eigenvalue weighted by Crippen LogP contribution is 2.36. The lowest BCUT2D eigenvalue weighted by molar-refractivity contribution is -0.115. The number of anilines is 1. The first-order valence-corrected chi connectivity index (χ1v) is 9.39. The van der Waals surface area contributed by atoms with E-state index in [9.17, 15) is 9.59 Å². The van der Waals surface area contributed by atoms with Crippen molar-refractivity contribution in [3.63, 3.8) is 0 Å². The summed E-state index contributed by atoms with van der Waals surface area (Å²) in [5.74, 6) is 0.518. The van der Waals surface area contributed by atoms with Crippen LogP contribution in [0.25, 0.3) is 21.9 Å². The van der Waals surface area contributed by atoms with E-state index in [1.165, 1.54) is 11.3 Å². The summed E-state index contributed by atoms with van der Waals surface area (Å²) in [5, 5.41) is 6.73. The number of nitrogens with one attached hydrogen (secondary N) is 1. The molecule has 0 aliphatic rings. The van der Waals surface area contributed by atoms with Gasteiger partial charge < -0.3 is 14.2 Å². The maximum Gasteiger partial charge on any atom is 0.340 e. The lowest BCUT2D eigenvalue weighted by Gasteiger charge is -2.09. The molecule has 4 rings (SSSR count). The zero-order valence-electron chi connectivity index (χ0n) is 15.4. The number of rotatable bonds is 3. The number of aromatic nitrogens is 1. The molecule has 6 nitrogen and oxygen atoms in total. The number of aryl methyl sites for hydroxylation is 4. The molecule has 0 saturated heterocycles. The van der Waals surface area contributed by atoms with Gasteiger partial charge in [-0.1, -0.05) is 0 Å². The van der Waals surface area contributed by atoms with Crippen LogP contribution in [0.2, 0.25) is 0 Å². The molecule has 4 aromatic rings. The Morgan fingerprint density at radius 3 is 2.63 bits per heavy atom. The van der Waals surface area contributed by atoms with E-state index in [4.69, 9.17) is 8.83 Å². The van der Waals surface area contributed by atoms with Gasteiger partial charge in [-0.3, -0.25) is 4.79 Å². The molecule has 1 aromatic carbocycles. The van der Waals surface area contributed by atoms with Crippen LogP contribution < -0.4 is 10.9 Å². The first kappa shape index (κ1) is 17.5. The number of benzene rings is 1. The third-order valence-electron chi connectivity index (χ3n) is 4.89. The van der Waals surface area contributed by atoms with Crippen molar-refractivity contribution in [1.82, 2.24) is 4.98 Å². The van der Waals surface area contributed by atoms with Crippen LogP contribution in [0, 0.1) is 27.7 Å². The average Bonchev–Trinajstić information content (AvgIpc) is 3.20. The third-order valence-corrected chi connectivity index (χ3v) is 5.58. The zero-order chi connectivity index (χ0) is 19.3.